The number of anilines is 1. The van der Waals surface area contributed by atoms with Crippen LogP contribution in [0.4, 0.5) is 5.69 Å². The number of aromatic nitrogens is 3. The van der Waals surface area contributed by atoms with Crippen molar-refractivity contribution in [2.75, 3.05) is 38.7 Å². The second-order valence-electron chi connectivity index (χ2n) is 4.75. The van der Waals surface area contributed by atoms with Crippen LogP contribution in [0.3, 0.4) is 0 Å². The Hall–Kier alpha value is -1.87. The molecule has 0 fully saturated rings. The SMILES string of the molecule is COCCNCC(=O)Nc1cccc(OCCn2cncn2)c1.Cl.Cl. The number of halogens is 2. The number of nitrogens with zero attached hydrogens (tertiary/aromatic N) is 3. The van der Waals surface area contributed by atoms with E-state index in [9.17, 15) is 4.79 Å². The predicted octanol–water partition coefficient (Wildman–Crippen LogP) is 1.38. The molecule has 0 spiro atoms. The van der Waals surface area contributed by atoms with Crippen molar-refractivity contribution in [1.82, 2.24) is 20.1 Å². The van der Waals surface area contributed by atoms with Crippen LogP contribution in [-0.4, -0.2) is 54.1 Å². The van der Waals surface area contributed by atoms with Gasteiger partial charge in [0.25, 0.3) is 0 Å². The maximum Gasteiger partial charge on any atom is 0.238 e. The van der Waals surface area contributed by atoms with Crippen LogP contribution in [0.15, 0.2) is 36.9 Å². The molecule has 1 aromatic carbocycles. The number of carbonyl (C=O) groups excluding carboxylic acids is 1. The molecule has 0 unspecified atom stereocenters. The van der Waals surface area contributed by atoms with Gasteiger partial charge in [-0.15, -0.1) is 24.8 Å². The number of hydrogen-bond acceptors (Lipinski definition) is 6. The van der Waals surface area contributed by atoms with E-state index >= 15 is 0 Å². The fraction of sp³-hybridized carbons (Fsp3) is 0.400. The monoisotopic (exact) mass is 391 g/mol. The first-order chi connectivity index (χ1) is 11.3. The lowest BCUT2D eigenvalue weighted by atomic mass is 10.3. The largest absolute Gasteiger partial charge is 0.492 e. The quantitative estimate of drug-likeness (QED) is 0.594. The number of rotatable bonds is 10. The summed E-state index contributed by atoms with van der Waals surface area (Å²) in [4.78, 5) is 15.6. The van der Waals surface area contributed by atoms with E-state index < -0.39 is 0 Å². The standard InChI is InChI=1S/C15H21N5O3.2ClH/c1-22-7-5-16-10-15(21)19-13-3-2-4-14(9-13)23-8-6-20-12-17-11-18-20;;/h2-4,9,11-12,16H,5-8,10H2,1H3,(H,19,21);2*1H. The zero-order chi connectivity index (χ0) is 16.3. The van der Waals surface area contributed by atoms with Crippen LogP contribution in [0.1, 0.15) is 0 Å². The summed E-state index contributed by atoms with van der Waals surface area (Å²) in [5.74, 6) is 0.580. The van der Waals surface area contributed by atoms with Gasteiger partial charge >= 0.3 is 0 Å². The molecule has 0 aliphatic carbocycles. The molecule has 0 saturated heterocycles. The summed E-state index contributed by atoms with van der Waals surface area (Å²) in [6, 6.07) is 7.28. The first kappa shape index (κ1) is 23.1. The average molecular weight is 392 g/mol. The molecule has 1 heterocycles. The Morgan fingerprint density at radius 3 is 2.84 bits per heavy atom. The summed E-state index contributed by atoms with van der Waals surface area (Å²) in [6.45, 7) is 2.53. The van der Waals surface area contributed by atoms with E-state index in [2.05, 4.69) is 20.7 Å². The van der Waals surface area contributed by atoms with Crippen molar-refractivity contribution in [3.8, 4) is 5.75 Å². The molecule has 1 amide bonds. The van der Waals surface area contributed by atoms with Crippen LogP contribution < -0.4 is 15.4 Å². The topological polar surface area (TPSA) is 90.3 Å². The lowest BCUT2D eigenvalue weighted by molar-refractivity contribution is -0.115. The molecule has 2 aromatic rings. The van der Waals surface area contributed by atoms with Gasteiger partial charge in [-0.25, -0.2) is 9.67 Å². The van der Waals surface area contributed by atoms with Crippen molar-refractivity contribution in [3.05, 3.63) is 36.9 Å². The zero-order valence-corrected chi connectivity index (χ0v) is 15.5. The van der Waals surface area contributed by atoms with Crippen molar-refractivity contribution in [2.45, 2.75) is 6.54 Å². The van der Waals surface area contributed by atoms with E-state index in [4.69, 9.17) is 9.47 Å². The number of benzene rings is 1. The normalized spacial score (nSPS) is 9.64. The first-order valence-corrected chi connectivity index (χ1v) is 7.32. The Morgan fingerprint density at radius 2 is 2.12 bits per heavy atom. The fourth-order valence-corrected chi connectivity index (χ4v) is 1.85. The first-order valence-electron chi connectivity index (χ1n) is 7.32. The molecule has 8 nitrogen and oxygen atoms in total. The third kappa shape index (κ3) is 9.25. The molecule has 2 rings (SSSR count). The molecule has 10 heteroatoms. The summed E-state index contributed by atoms with van der Waals surface area (Å²) in [5, 5.41) is 9.80. The van der Waals surface area contributed by atoms with E-state index in [1.165, 1.54) is 6.33 Å². The molecule has 0 bridgehead atoms. The minimum atomic E-state index is -0.110. The molecule has 0 aliphatic rings. The second kappa shape index (κ2) is 13.4. The lowest BCUT2D eigenvalue weighted by Gasteiger charge is -2.09. The third-order valence-corrected chi connectivity index (χ3v) is 2.94. The Bertz CT molecular complexity index is 599. The third-order valence-electron chi connectivity index (χ3n) is 2.94. The molecule has 140 valence electrons. The molecule has 25 heavy (non-hydrogen) atoms. The zero-order valence-electron chi connectivity index (χ0n) is 13.9. The number of ether oxygens (including phenoxy) is 2. The highest BCUT2D eigenvalue weighted by Crippen LogP contribution is 2.17. The van der Waals surface area contributed by atoms with Crippen LogP contribution in [0, 0.1) is 0 Å². The molecular formula is C15H23Cl2N5O3. The Kier molecular flexibility index (Phi) is 12.4. The highest BCUT2D eigenvalue weighted by Gasteiger charge is 2.03. The van der Waals surface area contributed by atoms with Crippen LogP contribution in [-0.2, 0) is 16.1 Å². The lowest BCUT2D eigenvalue weighted by Crippen LogP contribution is -2.30. The van der Waals surface area contributed by atoms with Crippen molar-refractivity contribution in [1.29, 1.82) is 0 Å². The highest BCUT2D eigenvalue weighted by molar-refractivity contribution is 5.92. The van der Waals surface area contributed by atoms with Crippen LogP contribution in [0.25, 0.3) is 0 Å². The van der Waals surface area contributed by atoms with Gasteiger partial charge in [0.15, 0.2) is 0 Å². The van der Waals surface area contributed by atoms with E-state index in [1.807, 2.05) is 18.2 Å². The molecule has 0 atom stereocenters. The van der Waals surface area contributed by atoms with E-state index in [0.29, 0.717) is 37.7 Å². The predicted molar refractivity (Wildman–Crippen MR) is 99.8 cm³/mol. The summed E-state index contributed by atoms with van der Waals surface area (Å²) in [7, 11) is 1.62. The van der Waals surface area contributed by atoms with Crippen LogP contribution >= 0.6 is 24.8 Å². The fourth-order valence-electron chi connectivity index (χ4n) is 1.85. The molecular weight excluding hydrogens is 369 g/mol. The van der Waals surface area contributed by atoms with Crippen molar-refractivity contribution in [2.24, 2.45) is 0 Å². The Labute approximate surface area is 159 Å². The number of hydrogen-bond donors (Lipinski definition) is 2. The average Bonchev–Trinajstić information content (AvgIpc) is 3.05. The summed E-state index contributed by atoms with van der Waals surface area (Å²) < 4.78 is 12.2. The number of methoxy groups -OCH3 is 1. The number of carbonyl (C=O) groups is 1. The summed E-state index contributed by atoms with van der Waals surface area (Å²) in [5.41, 5.74) is 0.696. The van der Waals surface area contributed by atoms with Crippen molar-refractivity contribution >= 4 is 36.4 Å². The molecule has 0 aliphatic heterocycles. The van der Waals surface area contributed by atoms with E-state index in [-0.39, 0.29) is 37.3 Å². The smallest absolute Gasteiger partial charge is 0.238 e. The maximum absolute atomic E-state index is 11.8. The van der Waals surface area contributed by atoms with E-state index in [1.54, 1.807) is 24.2 Å². The van der Waals surface area contributed by atoms with Gasteiger partial charge in [-0.3, -0.25) is 4.79 Å². The minimum Gasteiger partial charge on any atom is -0.492 e. The molecule has 2 N–H and O–H groups in total. The maximum atomic E-state index is 11.8. The van der Waals surface area contributed by atoms with Gasteiger partial charge in [0.2, 0.25) is 5.91 Å². The Morgan fingerprint density at radius 1 is 1.28 bits per heavy atom. The summed E-state index contributed by atoms with van der Waals surface area (Å²) >= 11 is 0. The number of nitrogens with one attached hydrogen (secondary N) is 2. The minimum absolute atomic E-state index is 0. The van der Waals surface area contributed by atoms with Gasteiger partial charge in [0.1, 0.15) is 25.0 Å². The van der Waals surface area contributed by atoms with Gasteiger partial charge < -0.3 is 20.1 Å². The van der Waals surface area contributed by atoms with Crippen LogP contribution in [0.2, 0.25) is 0 Å². The van der Waals surface area contributed by atoms with Gasteiger partial charge in [-0.2, -0.15) is 5.10 Å². The molecule has 1 aromatic heterocycles. The summed E-state index contributed by atoms with van der Waals surface area (Å²) in [6.07, 6.45) is 3.12. The van der Waals surface area contributed by atoms with E-state index in [0.717, 1.165) is 0 Å². The second-order valence-corrected chi connectivity index (χ2v) is 4.75. The van der Waals surface area contributed by atoms with Gasteiger partial charge in [0.05, 0.1) is 19.7 Å². The van der Waals surface area contributed by atoms with Gasteiger partial charge in [0, 0.05) is 25.4 Å². The van der Waals surface area contributed by atoms with Gasteiger partial charge in [-0.05, 0) is 12.1 Å². The number of amides is 1. The molecule has 0 radical (unpaired) electrons. The van der Waals surface area contributed by atoms with Crippen molar-refractivity contribution in [3.63, 3.8) is 0 Å². The Balaban J connectivity index is 0.00000288. The van der Waals surface area contributed by atoms with Gasteiger partial charge in [-0.1, -0.05) is 6.07 Å². The highest BCUT2D eigenvalue weighted by atomic mass is 35.5. The van der Waals surface area contributed by atoms with Crippen LogP contribution in [0.5, 0.6) is 5.75 Å². The van der Waals surface area contributed by atoms with Crippen molar-refractivity contribution < 1.29 is 14.3 Å². The molecule has 0 saturated carbocycles.